The van der Waals surface area contributed by atoms with Gasteiger partial charge in [-0.3, -0.25) is 14.6 Å². The molecule has 2 aliphatic rings. The number of nitrogens with one attached hydrogen (secondary N) is 1. The molecule has 2 aromatic rings. The van der Waals surface area contributed by atoms with Crippen molar-refractivity contribution in [2.24, 2.45) is 0 Å². The van der Waals surface area contributed by atoms with E-state index in [-0.39, 0.29) is 11.8 Å². The number of amides is 2. The van der Waals surface area contributed by atoms with Gasteiger partial charge in [-0.15, -0.1) is 0 Å². The van der Waals surface area contributed by atoms with Crippen LogP contribution in [0.2, 0.25) is 0 Å². The predicted molar refractivity (Wildman–Crippen MR) is 98.1 cm³/mol. The summed E-state index contributed by atoms with van der Waals surface area (Å²) in [6, 6.07) is 8.66. The fraction of sp³-hybridized carbons (Fsp3) is 0.350. The van der Waals surface area contributed by atoms with Gasteiger partial charge in [0, 0.05) is 25.0 Å². The summed E-state index contributed by atoms with van der Waals surface area (Å²) >= 11 is 0. The van der Waals surface area contributed by atoms with E-state index >= 15 is 0 Å². The van der Waals surface area contributed by atoms with E-state index in [9.17, 15) is 9.59 Å². The predicted octanol–water partition coefficient (Wildman–Crippen LogP) is 1.89. The van der Waals surface area contributed by atoms with Gasteiger partial charge in [0.2, 0.25) is 0 Å². The number of hydrogen-bond acceptors (Lipinski definition) is 5. The molecule has 7 nitrogen and oxygen atoms in total. The number of piperidine rings is 1. The summed E-state index contributed by atoms with van der Waals surface area (Å²) in [7, 11) is 1.57. The van der Waals surface area contributed by atoms with Crippen molar-refractivity contribution in [2.45, 2.75) is 18.4 Å². The number of carbonyl (C=O) groups excluding carboxylic acids is 2. The Bertz CT molecular complexity index is 871. The third-order valence-corrected chi connectivity index (χ3v) is 5.07. The van der Waals surface area contributed by atoms with Crippen molar-refractivity contribution < 1.29 is 19.1 Å². The summed E-state index contributed by atoms with van der Waals surface area (Å²) in [5, 5.41) is 2.94. The Balaban J connectivity index is 1.62. The number of pyridine rings is 1. The van der Waals surface area contributed by atoms with Crippen molar-refractivity contribution in [3.63, 3.8) is 0 Å². The summed E-state index contributed by atoms with van der Waals surface area (Å²) in [5.74, 6) is 0.852. The molecule has 1 atom stereocenters. The van der Waals surface area contributed by atoms with Gasteiger partial charge in [0.25, 0.3) is 11.8 Å². The van der Waals surface area contributed by atoms with E-state index < -0.39 is 5.60 Å². The lowest BCUT2D eigenvalue weighted by Gasteiger charge is -2.42. The molecule has 0 radical (unpaired) electrons. The third-order valence-electron chi connectivity index (χ3n) is 5.07. The maximum atomic E-state index is 12.8. The summed E-state index contributed by atoms with van der Waals surface area (Å²) in [4.78, 5) is 31.1. The summed E-state index contributed by atoms with van der Waals surface area (Å²) in [6.07, 6.45) is 4.75. The maximum absolute atomic E-state index is 12.8. The highest BCUT2D eigenvalue weighted by Crippen LogP contribution is 2.34. The zero-order chi connectivity index (χ0) is 18.9. The van der Waals surface area contributed by atoms with Crippen LogP contribution in [0.25, 0.3) is 0 Å². The lowest BCUT2D eigenvalue weighted by atomic mass is 9.92. The van der Waals surface area contributed by atoms with Crippen molar-refractivity contribution in [3.05, 3.63) is 53.9 Å². The van der Waals surface area contributed by atoms with Crippen molar-refractivity contribution in [1.82, 2.24) is 15.2 Å². The molecular formula is C20H21N3O4. The van der Waals surface area contributed by atoms with Crippen LogP contribution < -0.4 is 14.8 Å². The number of fused-ring (bicyclic) bond motifs is 1. The Kier molecular flexibility index (Phi) is 4.43. The average Bonchev–Trinajstić information content (AvgIpc) is 2.84. The summed E-state index contributed by atoms with van der Waals surface area (Å²) in [6.45, 7) is 1.40. The third kappa shape index (κ3) is 3.32. The molecule has 1 spiro atoms. The van der Waals surface area contributed by atoms with Crippen LogP contribution in [0, 0.1) is 0 Å². The largest absolute Gasteiger partial charge is 0.497 e. The minimum absolute atomic E-state index is 0.0767. The molecule has 1 unspecified atom stereocenters. The van der Waals surface area contributed by atoms with Gasteiger partial charge in [0.15, 0.2) is 0 Å². The number of aromatic nitrogens is 1. The van der Waals surface area contributed by atoms with Gasteiger partial charge < -0.3 is 19.7 Å². The van der Waals surface area contributed by atoms with Crippen LogP contribution in [0.5, 0.6) is 11.5 Å². The van der Waals surface area contributed by atoms with E-state index in [2.05, 4.69) is 10.3 Å². The molecular weight excluding hydrogens is 346 g/mol. The van der Waals surface area contributed by atoms with E-state index in [4.69, 9.17) is 9.47 Å². The van der Waals surface area contributed by atoms with Gasteiger partial charge in [-0.05, 0) is 37.1 Å². The van der Waals surface area contributed by atoms with E-state index in [1.54, 1.807) is 54.7 Å². The van der Waals surface area contributed by atoms with Crippen LogP contribution in [-0.4, -0.2) is 54.0 Å². The minimum atomic E-state index is -0.663. The quantitative estimate of drug-likeness (QED) is 0.877. The minimum Gasteiger partial charge on any atom is -0.497 e. The SMILES string of the molecule is COc1ccc2c(c1)OC1(CCCN(C(=O)c3cccnc3)C1)CNC2=O. The lowest BCUT2D eigenvalue weighted by molar-refractivity contribution is -0.000973. The second-order valence-electron chi connectivity index (χ2n) is 6.90. The molecule has 1 fully saturated rings. The second-order valence-corrected chi connectivity index (χ2v) is 6.90. The average molecular weight is 367 g/mol. The number of methoxy groups -OCH3 is 1. The van der Waals surface area contributed by atoms with E-state index in [0.717, 1.165) is 12.8 Å². The highest BCUT2D eigenvalue weighted by atomic mass is 16.5. The van der Waals surface area contributed by atoms with Crippen LogP contribution >= 0.6 is 0 Å². The smallest absolute Gasteiger partial charge is 0.255 e. The Labute approximate surface area is 157 Å². The normalized spacial score (nSPS) is 21.7. The molecule has 1 aromatic carbocycles. The van der Waals surface area contributed by atoms with E-state index in [0.29, 0.717) is 42.3 Å². The van der Waals surface area contributed by atoms with Gasteiger partial charge in [0.1, 0.15) is 17.1 Å². The molecule has 2 aliphatic heterocycles. The maximum Gasteiger partial charge on any atom is 0.255 e. The van der Waals surface area contributed by atoms with Crippen LogP contribution in [0.3, 0.4) is 0 Å². The molecule has 1 aromatic heterocycles. The molecule has 0 saturated carbocycles. The topological polar surface area (TPSA) is 80.8 Å². The lowest BCUT2D eigenvalue weighted by Crippen LogP contribution is -2.57. The number of likely N-dealkylation sites (tertiary alicyclic amines) is 1. The Hall–Kier alpha value is -3.09. The zero-order valence-electron chi connectivity index (χ0n) is 15.1. The number of carbonyl (C=O) groups is 2. The Morgan fingerprint density at radius 3 is 3.04 bits per heavy atom. The summed E-state index contributed by atoms with van der Waals surface area (Å²) in [5.41, 5.74) is 0.362. The fourth-order valence-electron chi connectivity index (χ4n) is 3.68. The Morgan fingerprint density at radius 1 is 1.37 bits per heavy atom. The molecule has 0 aliphatic carbocycles. The number of ether oxygens (including phenoxy) is 2. The molecule has 0 bridgehead atoms. The second kappa shape index (κ2) is 6.90. The van der Waals surface area contributed by atoms with Crippen LogP contribution in [0.15, 0.2) is 42.7 Å². The van der Waals surface area contributed by atoms with Gasteiger partial charge in [0.05, 0.1) is 31.3 Å². The molecule has 3 heterocycles. The number of benzene rings is 1. The first kappa shape index (κ1) is 17.3. The Morgan fingerprint density at radius 2 is 2.26 bits per heavy atom. The monoisotopic (exact) mass is 367 g/mol. The van der Waals surface area contributed by atoms with Crippen molar-refractivity contribution in [1.29, 1.82) is 0 Å². The van der Waals surface area contributed by atoms with Crippen molar-refractivity contribution >= 4 is 11.8 Å². The molecule has 140 valence electrons. The van der Waals surface area contributed by atoms with Gasteiger partial charge in [-0.1, -0.05) is 0 Å². The molecule has 1 saturated heterocycles. The molecule has 27 heavy (non-hydrogen) atoms. The van der Waals surface area contributed by atoms with E-state index in [1.807, 2.05) is 0 Å². The van der Waals surface area contributed by atoms with Crippen LogP contribution in [0.4, 0.5) is 0 Å². The van der Waals surface area contributed by atoms with Gasteiger partial charge >= 0.3 is 0 Å². The standard InChI is InChI=1S/C20H21N3O4/c1-26-15-5-6-16-17(10-15)27-20(12-22-18(16)24)7-3-9-23(13-20)19(25)14-4-2-8-21-11-14/h2,4-6,8,10-11H,3,7,9,12-13H2,1H3,(H,22,24). The fourth-order valence-corrected chi connectivity index (χ4v) is 3.68. The van der Waals surface area contributed by atoms with Gasteiger partial charge in [-0.2, -0.15) is 0 Å². The van der Waals surface area contributed by atoms with Crippen molar-refractivity contribution in [3.8, 4) is 11.5 Å². The number of nitrogens with zero attached hydrogens (tertiary/aromatic N) is 2. The molecule has 1 N–H and O–H groups in total. The number of hydrogen-bond donors (Lipinski definition) is 1. The van der Waals surface area contributed by atoms with Crippen molar-refractivity contribution in [2.75, 3.05) is 26.7 Å². The molecule has 2 amide bonds. The molecule has 4 rings (SSSR count). The zero-order valence-corrected chi connectivity index (χ0v) is 15.1. The first-order valence-electron chi connectivity index (χ1n) is 8.95. The summed E-state index contributed by atoms with van der Waals surface area (Å²) < 4.78 is 11.6. The van der Waals surface area contributed by atoms with E-state index in [1.165, 1.54) is 0 Å². The number of rotatable bonds is 2. The molecule has 7 heteroatoms. The van der Waals surface area contributed by atoms with Crippen LogP contribution in [0.1, 0.15) is 33.6 Å². The highest BCUT2D eigenvalue weighted by molar-refractivity contribution is 5.97. The highest BCUT2D eigenvalue weighted by Gasteiger charge is 2.42. The first-order valence-corrected chi connectivity index (χ1v) is 8.95. The van der Waals surface area contributed by atoms with Gasteiger partial charge in [-0.25, -0.2) is 0 Å². The van der Waals surface area contributed by atoms with Crippen LogP contribution in [-0.2, 0) is 0 Å². The first-order chi connectivity index (χ1) is 13.1.